The Bertz CT molecular complexity index is 928. The van der Waals surface area contributed by atoms with E-state index in [-0.39, 0.29) is 5.78 Å². The van der Waals surface area contributed by atoms with Gasteiger partial charge in [-0.3, -0.25) is 9.59 Å². The van der Waals surface area contributed by atoms with E-state index in [1.54, 1.807) is 4.90 Å². The molecule has 2 aromatic rings. The summed E-state index contributed by atoms with van der Waals surface area (Å²) in [7, 11) is 2.15. The number of fused-ring (bicyclic) bond motifs is 1. The Morgan fingerprint density at radius 3 is 2.72 bits per heavy atom. The Morgan fingerprint density at radius 2 is 1.97 bits per heavy atom. The van der Waals surface area contributed by atoms with Crippen molar-refractivity contribution in [2.75, 3.05) is 31.6 Å². The molecule has 1 amide bonds. The van der Waals surface area contributed by atoms with E-state index < -0.39 is 0 Å². The van der Waals surface area contributed by atoms with Crippen LogP contribution in [0.25, 0.3) is 0 Å². The van der Waals surface area contributed by atoms with Gasteiger partial charge in [0, 0.05) is 35.8 Å². The molecule has 4 nitrogen and oxygen atoms in total. The third-order valence-corrected chi connectivity index (χ3v) is 6.50. The predicted octanol–water partition coefficient (Wildman–Crippen LogP) is 5.73. The number of rotatable bonds is 13. The molecule has 1 aliphatic rings. The molecular weight excluding hydrogens is 420 g/mol. The van der Waals surface area contributed by atoms with E-state index in [0.717, 1.165) is 98.4 Å². The third-order valence-electron chi connectivity index (χ3n) is 6.26. The average molecular weight is 455 g/mol. The Balaban J connectivity index is 1.42. The number of amides is 1. The lowest BCUT2D eigenvalue weighted by atomic mass is 9.96. The van der Waals surface area contributed by atoms with Crippen LogP contribution in [-0.2, 0) is 24.1 Å². The molecule has 0 saturated heterocycles. The lowest BCUT2D eigenvalue weighted by molar-refractivity contribution is -0.107. The molecule has 0 atom stereocenters. The molecule has 5 heteroatoms. The quantitative estimate of drug-likeness (QED) is 0.220. The summed E-state index contributed by atoms with van der Waals surface area (Å²) < 4.78 is 0. The second kappa shape index (κ2) is 12.2. The van der Waals surface area contributed by atoms with Gasteiger partial charge in [0.15, 0.2) is 5.78 Å². The van der Waals surface area contributed by atoms with Gasteiger partial charge in [0.2, 0.25) is 6.41 Å². The van der Waals surface area contributed by atoms with E-state index in [2.05, 4.69) is 24.9 Å². The summed E-state index contributed by atoms with van der Waals surface area (Å²) in [6, 6.07) is 12.1. The maximum atomic E-state index is 12.8. The van der Waals surface area contributed by atoms with E-state index in [4.69, 9.17) is 11.6 Å². The summed E-state index contributed by atoms with van der Waals surface area (Å²) in [5.41, 5.74) is 5.41. The summed E-state index contributed by atoms with van der Waals surface area (Å²) in [5, 5.41) is 0.793. The van der Waals surface area contributed by atoms with Crippen LogP contribution in [0.1, 0.15) is 66.1 Å². The number of hydrogen-bond acceptors (Lipinski definition) is 3. The predicted molar refractivity (Wildman–Crippen MR) is 133 cm³/mol. The lowest BCUT2D eigenvalue weighted by Crippen LogP contribution is -2.22. The minimum atomic E-state index is 0.226. The Hall–Kier alpha value is -2.17. The molecule has 2 aromatic carbocycles. The minimum Gasteiger partial charge on any atom is -0.314 e. The highest BCUT2D eigenvalue weighted by Crippen LogP contribution is 2.33. The topological polar surface area (TPSA) is 40.6 Å². The Morgan fingerprint density at radius 1 is 1.12 bits per heavy atom. The Kier molecular flexibility index (Phi) is 9.31. The van der Waals surface area contributed by atoms with Gasteiger partial charge in [-0.1, -0.05) is 43.5 Å². The molecule has 0 saturated carbocycles. The molecule has 0 spiro atoms. The van der Waals surface area contributed by atoms with Crippen molar-refractivity contribution in [3.05, 3.63) is 63.7 Å². The molecule has 1 aliphatic heterocycles. The summed E-state index contributed by atoms with van der Waals surface area (Å²) in [6.07, 6.45) is 8.31. The van der Waals surface area contributed by atoms with Crippen molar-refractivity contribution in [3.8, 4) is 0 Å². The zero-order valence-corrected chi connectivity index (χ0v) is 20.2. The molecule has 3 rings (SSSR count). The number of benzene rings is 2. The molecule has 0 N–H and O–H groups in total. The summed E-state index contributed by atoms with van der Waals surface area (Å²) >= 11 is 6.06. The average Bonchev–Trinajstić information content (AvgIpc) is 3.21. The number of Topliss-reactive ketones (excluding diaryl/α,β-unsaturated/α-hetero) is 1. The second-order valence-electron chi connectivity index (χ2n) is 8.86. The zero-order valence-electron chi connectivity index (χ0n) is 19.4. The monoisotopic (exact) mass is 454 g/mol. The van der Waals surface area contributed by atoms with E-state index in [9.17, 15) is 9.59 Å². The number of carbonyl (C=O) groups is 2. The van der Waals surface area contributed by atoms with E-state index in [1.165, 1.54) is 5.56 Å². The molecule has 32 heavy (non-hydrogen) atoms. The molecule has 0 unspecified atom stereocenters. The first-order valence-corrected chi connectivity index (χ1v) is 12.2. The summed E-state index contributed by atoms with van der Waals surface area (Å²) in [4.78, 5) is 28.3. The van der Waals surface area contributed by atoms with Crippen LogP contribution in [0.3, 0.4) is 0 Å². The SMILES string of the molecule is CCCc1cc(C(=O)CCCCCN(C)CCc2cccc(Cl)c2)cc2c1N(C=O)CC2. The normalized spacial score (nSPS) is 12.9. The van der Waals surface area contributed by atoms with Crippen LogP contribution in [0.5, 0.6) is 0 Å². The van der Waals surface area contributed by atoms with Gasteiger partial charge < -0.3 is 9.80 Å². The standard InChI is InChI=1S/C27H35ClN2O2/c1-3-8-22-18-24(19-23-13-16-30(20-31)27(22)23)26(32)11-5-4-6-14-29(2)15-12-21-9-7-10-25(28)17-21/h7,9-10,17-20H,3-6,8,11-16H2,1-2H3. The first kappa shape index (κ1) is 24.5. The molecule has 0 fully saturated rings. The number of aryl methyl sites for hydroxylation is 1. The number of hydrogen-bond donors (Lipinski definition) is 0. The maximum absolute atomic E-state index is 12.8. The van der Waals surface area contributed by atoms with Crippen molar-refractivity contribution in [1.29, 1.82) is 0 Å². The van der Waals surface area contributed by atoms with Crippen LogP contribution in [0.4, 0.5) is 5.69 Å². The van der Waals surface area contributed by atoms with Crippen LogP contribution >= 0.6 is 11.6 Å². The number of ketones is 1. The molecule has 172 valence electrons. The van der Waals surface area contributed by atoms with Gasteiger partial charge in [-0.05, 0) is 86.7 Å². The third kappa shape index (κ3) is 6.66. The first-order valence-electron chi connectivity index (χ1n) is 11.9. The lowest BCUT2D eigenvalue weighted by Gasteiger charge is -2.17. The highest BCUT2D eigenvalue weighted by atomic mass is 35.5. The van der Waals surface area contributed by atoms with Crippen molar-refractivity contribution in [2.45, 2.75) is 58.3 Å². The van der Waals surface area contributed by atoms with Gasteiger partial charge in [-0.2, -0.15) is 0 Å². The smallest absolute Gasteiger partial charge is 0.214 e. The minimum absolute atomic E-state index is 0.226. The Labute approximate surface area is 197 Å². The van der Waals surface area contributed by atoms with Gasteiger partial charge in [0.1, 0.15) is 0 Å². The molecular formula is C27H35ClN2O2. The zero-order chi connectivity index (χ0) is 22.9. The van der Waals surface area contributed by atoms with Crippen LogP contribution in [0.15, 0.2) is 36.4 Å². The van der Waals surface area contributed by atoms with Gasteiger partial charge >= 0.3 is 0 Å². The molecule has 1 heterocycles. The number of nitrogens with zero attached hydrogens (tertiary/aromatic N) is 2. The summed E-state index contributed by atoms with van der Waals surface area (Å²) in [6.45, 7) is 4.90. The number of halogens is 1. The maximum Gasteiger partial charge on any atom is 0.214 e. The van der Waals surface area contributed by atoms with Crippen LogP contribution in [0.2, 0.25) is 5.02 Å². The summed E-state index contributed by atoms with van der Waals surface area (Å²) in [5.74, 6) is 0.226. The van der Waals surface area contributed by atoms with E-state index >= 15 is 0 Å². The van der Waals surface area contributed by atoms with Gasteiger partial charge in [-0.25, -0.2) is 0 Å². The van der Waals surface area contributed by atoms with Crippen molar-refractivity contribution in [1.82, 2.24) is 4.90 Å². The van der Waals surface area contributed by atoms with E-state index in [0.29, 0.717) is 6.42 Å². The van der Waals surface area contributed by atoms with Crippen molar-refractivity contribution in [2.24, 2.45) is 0 Å². The van der Waals surface area contributed by atoms with Gasteiger partial charge in [0.05, 0.1) is 0 Å². The van der Waals surface area contributed by atoms with Crippen LogP contribution in [0, 0.1) is 0 Å². The highest BCUT2D eigenvalue weighted by Gasteiger charge is 2.23. The van der Waals surface area contributed by atoms with Crippen molar-refractivity contribution >= 4 is 29.5 Å². The highest BCUT2D eigenvalue weighted by molar-refractivity contribution is 6.30. The molecule has 0 aromatic heterocycles. The fraction of sp³-hybridized carbons (Fsp3) is 0.481. The molecule has 0 aliphatic carbocycles. The molecule has 0 bridgehead atoms. The number of likely N-dealkylation sites (N-methyl/N-ethyl adjacent to an activating group) is 1. The van der Waals surface area contributed by atoms with Crippen LogP contribution in [-0.4, -0.2) is 43.8 Å². The second-order valence-corrected chi connectivity index (χ2v) is 9.30. The fourth-order valence-electron chi connectivity index (χ4n) is 4.51. The largest absolute Gasteiger partial charge is 0.314 e. The van der Waals surface area contributed by atoms with Crippen molar-refractivity contribution in [3.63, 3.8) is 0 Å². The number of unbranched alkanes of at least 4 members (excludes halogenated alkanes) is 2. The van der Waals surface area contributed by atoms with Gasteiger partial charge in [-0.15, -0.1) is 0 Å². The van der Waals surface area contributed by atoms with Crippen LogP contribution < -0.4 is 4.90 Å². The molecule has 0 radical (unpaired) electrons. The number of anilines is 1. The first-order chi connectivity index (χ1) is 15.5. The van der Waals surface area contributed by atoms with Crippen molar-refractivity contribution < 1.29 is 9.59 Å². The fourth-order valence-corrected chi connectivity index (χ4v) is 4.72. The van der Waals surface area contributed by atoms with Gasteiger partial charge in [0.25, 0.3) is 0 Å². The van der Waals surface area contributed by atoms with E-state index in [1.807, 2.05) is 30.3 Å². The number of carbonyl (C=O) groups excluding carboxylic acids is 2.